The summed E-state index contributed by atoms with van der Waals surface area (Å²) in [5.74, 6) is 0.801. The molecule has 0 spiro atoms. The molecule has 0 radical (unpaired) electrons. The van der Waals surface area contributed by atoms with E-state index in [9.17, 15) is 0 Å². The molecule has 1 aliphatic carbocycles. The minimum atomic E-state index is 0.801. The predicted octanol–water partition coefficient (Wildman–Crippen LogP) is 2.05. The average molecular weight is 154 g/mol. The van der Waals surface area contributed by atoms with Crippen LogP contribution in [-0.4, -0.2) is 32.2 Å². The number of rotatable bonds is 2. The quantitative estimate of drug-likeness (QED) is 0.422. The average Bonchev–Trinajstić information content (AvgIpc) is 2.12. The van der Waals surface area contributed by atoms with Crippen molar-refractivity contribution in [3.8, 4) is 0 Å². The van der Waals surface area contributed by atoms with E-state index in [4.69, 9.17) is 0 Å². The largest absolute Gasteiger partial charge is 0.330 e. The molecule has 1 fully saturated rings. The summed E-state index contributed by atoms with van der Waals surface area (Å²) < 4.78 is 1.07. The van der Waals surface area contributed by atoms with E-state index in [-0.39, 0.29) is 0 Å². The highest BCUT2D eigenvalue weighted by Gasteiger charge is 2.24. The fourth-order valence-electron chi connectivity index (χ4n) is 1.87. The summed E-state index contributed by atoms with van der Waals surface area (Å²) in [7, 11) is 6.77. The Balaban J connectivity index is 2.43. The molecule has 1 heteroatoms. The molecule has 1 aliphatic rings. The topological polar surface area (TPSA) is 0 Å². The second kappa shape index (κ2) is 2.98. The molecule has 0 N–H and O–H groups in total. The van der Waals surface area contributed by atoms with E-state index in [1.165, 1.54) is 31.4 Å². The molecule has 1 rings (SSSR count). The van der Waals surface area contributed by atoms with Crippen LogP contribution < -0.4 is 0 Å². The lowest BCUT2D eigenvalue weighted by atomic mass is 10.0. The molecule has 1 atom stereocenters. The summed E-state index contributed by atoms with van der Waals surface area (Å²) in [6.45, 7) is 5.37. The standard InChI is InChI=1S/C10H20N/c1-9-6-5-7-10(9)8-11(2,3)4/h10H,1,5-8H2,2-4H3/q+1/t10-/m1/s1. The van der Waals surface area contributed by atoms with Gasteiger partial charge in [0.25, 0.3) is 0 Å². The number of hydrogen-bond acceptors (Lipinski definition) is 0. The minimum absolute atomic E-state index is 0.801. The Hall–Kier alpha value is -0.300. The number of nitrogens with zero attached hydrogens (tertiary/aromatic N) is 1. The Morgan fingerprint density at radius 3 is 2.45 bits per heavy atom. The molecule has 1 saturated carbocycles. The van der Waals surface area contributed by atoms with Crippen LogP contribution in [0.1, 0.15) is 19.3 Å². The lowest BCUT2D eigenvalue weighted by Crippen LogP contribution is -2.38. The summed E-state index contributed by atoms with van der Waals surface area (Å²) >= 11 is 0. The fraction of sp³-hybridized carbons (Fsp3) is 0.800. The molecule has 64 valence electrons. The van der Waals surface area contributed by atoms with Crippen LogP contribution in [0.15, 0.2) is 12.2 Å². The molecular weight excluding hydrogens is 134 g/mol. The molecule has 11 heavy (non-hydrogen) atoms. The first kappa shape index (κ1) is 8.79. The summed E-state index contributed by atoms with van der Waals surface area (Å²) in [5, 5.41) is 0. The zero-order valence-corrected chi connectivity index (χ0v) is 8.06. The van der Waals surface area contributed by atoms with Crippen molar-refractivity contribution < 1.29 is 4.48 Å². The van der Waals surface area contributed by atoms with Gasteiger partial charge in [-0.15, -0.1) is 0 Å². The van der Waals surface area contributed by atoms with Crippen molar-refractivity contribution in [1.29, 1.82) is 0 Å². The van der Waals surface area contributed by atoms with E-state index >= 15 is 0 Å². The lowest BCUT2D eigenvalue weighted by Gasteiger charge is -2.27. The van der Waals surface area contributed by atoms with Crippen LogP contribution in [0.25, 0.3) is 0 Å². The van der Waals surface area contributed by atoms with E-state index in [2.05, 4.69) is 27.7 Å². The first-order valence-electron chi connectivity index (χ1n) is 4.47. The Bertz CT molecular complexity index is 153. The van der Waals surface area contributed by atoms with Crippen molar-refractivity contribution in [2.75, 3.05) is 27.7 Å². The number of hydrogen-bond donors (Lipinski definition) is 0. The van der Waals surface area contributed by atoms with Crippen molar-refractivity contribution in [2.45, 2.75) is 19.3 Å². The third-order valence-electron chi connectivity index (χ3n) is 2.40. The molecule has 0 saturated heterocycles. The molecule has 0 aromatic carbocycles. The summed E-state index contributed by atoms with van der Waals surface area (Å²) in [6.07, 6.45) is 4.00. The van der Waals surface area contributed by atoms with Crippen LogP contribution in [0.2, 0.25) is 0 Å². The maximum absolute atomic E-state index is 4.11. The van der Waals surface area contributed by atoms with E-state index in [1.807, 2.05) is 0 Å². The normalized spacial score (nSPS) is 26.1. The highest BCUT2D eigenvalue weighted by Crippen LogP contribution is 2.30. The van der Waals surface area contributed by atoms with Crippen LogP contribution in [0.4, 0.5) is 0 Å². The first-order valence-corrected chi connectivity index (χ1v) is 4.47. The van der Waals surface area contributed by atoms with Crippen molar-refractivity contribution in [2.24, 2.45) is 5.92 Å². The molecule has 0 aromatic heterocycles. The van der Waals surface area contributed by atoms with Crippen LogP contribution in [0.5, 0.6) is 0 Å². The van der Waals surface area contributed by atoms with Crippen LogP contribution >= 0.6 is 0 Å². The SMILES string of the molecule is C=C1CCC[C@@H]1C[N+](C)(C)C. The van der Waals surface area contributed by atoms with Gasteiger partial charge in [-0.25, -0.2) is 0 Å². The minimum Gasteiger partial charge on any atom is -0.330 e. The predicted molar refractivity (Wildman–Crippen MR) is 49.4 cm³/mol. The molecule has 0 heterocycles. The third kappa shape index (κ3) is 2.66. The zero-order chi connectivity index (χ0) is 8.48. The third-order valence-corrected chi connectivity index (χ3v) is 2.40. The molecule has 0 unspecified atom stereocenters. The molecule has 1 nitrogen and oxygen atoms in total. The van der Waals surface area contributed by atoms with Crippen molar-refractivity contribution in [1.82, 2.24) is 0 Å². The summed E-state index contributed by atoms with van der Waals surface area (Å²) in [4.78, 5) is 0. The maximum Gasteiger partial charge on any atom is 0.0846 e. The second-order valence-electron chi connectivity index (χ2n) is 4.72. The van der Waals surface area contributed by atoms with Crippen molar-refractivity contribution in [3.05, 3.63) is 12.2 Å². The van der Waals surface area contributed by atoms with Gasteiger partial charge in [0.1, 0.15) is 0 Å². The van der Waals surface area contributed by atoms with Crippen LogP contribution in [0.3, 0.4) is 0 Å². The summed E-state index contributed by atoms with van der Waals surface area (Å²) in [6, 6.07) is 0. The maximum atomic E-state index is 4.11. The monoisotopic (exact) mass is 154 g/mol. The highest BCUT2D eigenvalue weighted by molar-refractivity contribution is 5.05. The molecule has 0 aliphatic heterocycles. The van der Waals surface area contributed by atoms with Gasteiger partial charge in [0.05, 0.1) is 27.7 Å². The van der Waals surface area contributed by atoms with Gasteiger partial charge in [-0.2, -0.15) is 0 Å². The Kier molecular flexibility index (Phi) is 2.38. The number of quaternary nitrogens is 1. The molecule has 0 amide bonds. The summed E-state index contributed by atoms with van der Waals surface area (Å²) in [5.41, 5.74) is 1.48. The van der Waals surface area contributed by atoms with E-state index < -0.39 is 0 Å². The molecule has 0 aromatic rings. The van der Waals surface area contributed by atoms with Crippen molar-refractivity contribution in [3.63, 3.8) is 0 Å². The van der Waals surface area contributed by atoms with Gasteiger partial charge in [0.15, 0.2) is 0 Å². The van der Waals surface area contributed by atoms with Crippen LogP contribution in [-0.2, 0) is 0 Å². The van der Waals surface area contributed by atoms with Crippen molar-refractivity contribution >= 4 is 0 Å². The first-order chi connectivity index (χ1) is 4.99. The van der Waals surface area contributed by atoms with Gasteiger partial charge in [-0.1, -0.05) is 12.2 Å². The molecule has 0 bridgehead atoms. The smallest absolute Gasteiger partial charge is 0.0846 e. The van der Waals surface area contributed by atoms with E-state index in [0.29, 0.717) is 0 Å². The second-order valence-corrected chi connectivity index (χ2v) is 4.72. The Morgan fingerprint density at radius 2 is 2.09 bits per heavy atom. The highest BCUT2D eigenvalue weighted by atomic mass is 15.3. The van der Waals surface area contributed by atoms with Crippen LogP contribution in [0, 0.1) is 5.92 Å². The van der Waals surface area contributed by atoms with E-state index in [1.54, 1.807) is 0 Å². The fourth-order valence-corrected chi connectivity index (χ4v) is 1.87. The molecular formula is C10H20N+. The van der Waals surface area contributed by atoms with Gasteiger partial charge >= 0.3 is 0 Å². The van der Waals surface area contributed by atoms with Gasteiger partial charge in [0, 0.05) is 5.92 Å². The Morgan fingerprint density at radius 1 is 1.45 bits per heavy atom. The van der Waals surface area contributed by atoms with Gasteiger partial charge < -0.3 is 4.48 Å². The lowest BCUT2D eigenvalue weighted by molar-refractivity contribution is -0.873. The van der Waals surface area contributed by atoms with Gasteiger partial charge in [-0.05, 0) is 19.3 Å². The Labute approximate surface area is 70.3 Å². The zero-order valence-electron chi connectivity index (χ0n) is 8.06. The van der Waals surface area contributed by atoms with Gasteiger partial charge in [-0.3, -0.25) is 0 Å². The van der Waals surface area contributed by atoms with Gasteiger partial charge in [0.2, 0.25) is 0 Å². The van der Waals surface area contributed by atoms with E-state index in [0.717, 1.165) is 10.4 Å².